The minimum absolute atomic E-state index is 0.153. The molecule has 0 bridgehead atoms. The molecule has 3 rings (SSSR count). The van der Waals surface area contributed by atoms with Gasteiger partial charge in [0.25, 0.3) is 0 Å². The third kappa shape index (κ3) is 4.41. The minimum Gasteiger partial charge on any atom is -0.465 e. The van der Waals surface area contributed by atoms with Crippen molar-refractivity contribution in [1.29, 1.82) is 0 Å². The number of hydrogen-bond donors (Lipinski definition) is 1. The van der Waals surface area contributed by atoms with E-state index in [1.807, 2.05) is 38.1 Å². The summed E-state index contributed by atoms with van der Waals surface area (Å²) in [7, 11) is 1.33. The number of thiazole rings is 1. The molecule has 0 aliphatic carbocycles. The number of ether oxygens (including phenoxy) is 1. The van der Waals surface area contributed by atoms with Crippen LogP contribution in [0.4, 0.5) is 5.69 Å². The molecule has 1 amide bonds. The van der Waals surface area contributed by atoms with E-state index in [4.69, 9.17) is 4.74 Å². The molecule has 0 spiro atoms. The highest BCUT2D eigenvalue weighted by molar-refractivity contribution is 7.15. The van der Waals surface area contributed by atoms with Crippen LogP contribution in [0.25, 0.3) is 10.6 Å². The number of amides is 1. The molecule has 0 fully saturated rings. The molecule has 0 unspecified atom stereocenters. The van der Waals surface area contributed by atoms with Gasteiger partial charge in [-0.3, -0.25) is 4.79 Å². The lowest BCUT2D eigenvalue weighted by Gasteiger charge is -2.06. The van der Waals surface area contributed by atoms with Crippen LogP contribution in [0.3, 0.4) is 0 Å². The Kier molecular flexibility index (Phi) is 5.66. The first-order valence-electron chi connectivity index (χ1n) is 8.48. The minimum atomic E-state index is -0.438. The highest BCUT2D eigenvalue weighted by atomic mass is 32.1. The van der Waals surface area contributed by atoms with E-state index in [9.17, 15) is 9.59 Å². The molecule has 27 heavy (non-hydrogen) atoms. The number of rotatable bonds is 5. The molecule has 3 aromatic rings. The lowest BCUT2D eigenvalue weighted by Crippen LogP contribution is -2.14. The van der Waals surface area contributed by atoms with Crippen LogP contribution >= 0.6 is 11.3 Å². The van der Waals surface area contributed by atoms with Crippen LogP contribution < -0.4 is 5.32 Å². The van der Waals surface area contributed by atoms with Gasteiger partial charge in [-0.1, -0.05) is 30.3 Å². The normalized spacial score (nSPS) is 10.5. The number of benzene rings is 2. The van der Waals surface area contributed by atoms with E-state index in [2.05, 4.69) is 10.3 Å². The third-order valence-corrected chi connectivity index (χ3v) is 5.35. The second-order valence-electron chi connectivity index (χ2n) is 6.14. The standard InChI is InChI=1S/C21H20N2O3S/c1-13-7-4-5-10-17(13)20-22-14(2)18(27-20)12-19(24)23-16-9-6-8-15(11-16)21(25)26-3/h4-11H,12H2,1-3H3,(H,23,24). The maximum Gasteiger partial charge on any atom is 0.337 e. The van der Waals surface area contributed by atoms with Crippen molar-refractivity contribution < 1.29 is 14.3 Å². The average Bonchev–Trinajstić information content (AvgIpc) is 3.01. The molecule has 0 aliphatic heterocycles. The van der Waals surface area contributed by atoms with Crippen LogP contribution in [-0.2, 0) is 16.0 Å². The molecule has 0 radical (unpaired) electrons. The van der Waals surface area contributed by atoms with E-state index in [1.165, 1.54) is 18.4 Å². The predicted octanol–water partition coefficient (Wildman–Crippen LogP) is 4.39. The van der Waals surface area contributed by atoms with Gasteiger partial charge >= 0.3 is 5.97 Å². The van der Waals surface area contributed by atoms with Crippen LogP contribution in [0.5, 0.6) is 0 Å². The van der Waals surface area contributed by atoms with Gasteiger partial charge in [-0.15, -0.1) is 11.3 Å². The van der Waals surface area contributed by atoms with Crippen LogP contribution in [0.2, 0.25) is 0 Å². The Morgan fingerprint density at radius 2 is 1.89 bits per heavy atom. The van der Waals surface area contributed by atoms with Gasteiger partial charge in [-0.2, -0.15) is 0 Å². The maximum atomic E-state index is 12.4. The molecule has 6 heteroatoms. The van der Waals surface area contributed by atoms with Crippen molar-refractivity contribution in [2.24, 2.45) is 0 Å². The molecule has 0 saturated carbocycles. The average molecular weight is 380 g/mol. The van der Waals surface area contributed by atoms with Gasteiger partial charge in [0.05, 0.1) is 24.8 Å². The Hall–Kier alpha value is -2.99. The highest BCUT2D eigenvalue weighted by Gasteiger charge is 2.15. The van der Waals surface area contributed by atoms with Crippen LogP contribution in [0.15, 0.2) is 48.5 Å². The third-order valence-electron chi connectivity index (χ3n) is 4.16. The van der Waals surface area contributed by atoms with Crippen molar-refractivity contribution >= 4 is 28.9 Å². The Labute approximate surface area is 162 Å². The van der Waals surface area contributed by atoms with Gasteiger partial charge < -0.3 is 10.1 Å². The SMILES string of the molecule is COC(=O)c1cccc(NC(=O)Cc2sc(-c3ccccc3C)nc2C)c1. The molecule has 1 aromatic heterocycles. The summed E-state index contributed by atoms with van der Waals surface area (Å²) in [5, 5.41) is 3.75. The Morgan fingerprint density at radius 1 is 1.11 bits per heavy atom. The van der Waals surface area contributed by atoms with Gasteiger partial charge in [0.15, 0.2) is 0 Å². The number of nitrogens with one attached hydrogen (secondary N) is 1. The van der Waals surface area contributed by atoms with Crippen LogP contribution in [0.1, 0.15) is 26.5 Å². The Bertz CT molecular complexity index is 995. The number of carbonyl (C=O) groups is 2. The Morgan fingerprint density at radius 3 is 2.63 bits per heavy atom. The van der Waals surface area contributed by atoms with E-state index in [0.29, 0.717) is 11.3 Å². The van der Waals surface area contributed by atoms with E-state index < -0.39 is 5.97 Å². The first-order chi connectivity index (χ1) is 13.0. The zero-order chi connectivity index (χ0) is 19.4. The number of methoxy groups -OCH3 is 1. The molecular formula is C21H20N2O3S. The number of carbonyl (C=O) groups excluding carboxylic acids is 2. The summed E-state index contributed by atoms with van der Waals surface area (Å²) in [5.41, 5.74) is 4.05. The molecular weight excluding hydrogens is 360 g/mol. The van der Waals surface area contributed by atoms with Gasteiger partial charge in [-0.25, -0.2) is 9.78 Å². The predicted molar refractivity (Wildman–Crippen MR) is 107 cm³/mol. The molecule has 138 valence electrons. The summed E-state index contributed by atoms with van der Waals surface area (Å²) in [5.74, 6) is -0.590. The summed E-state index contributed by atoms with van der Waals surface area (Å²) >= 11 is 1.53. The quantitative estimate of drug-likeness (QED) is 0.667. The summed E-state index contributed by atoms with van der Waals surface area (Å²) in [6.07, 6.45) is 0.234. The highest BCUT2D eigenvalue weighted by Crippen LogP contribution is 2.30. The second-order valence-corrected chi connectivity index (χ2v) is 7.22. The monoisotopic (exact) mass is 380 g/mol. The molecule has 2 aromatic carbocycles. The Balaban J connectivity index is 1.74. The largest absolute Gasteiger partial charge is 0.465 e. The van der Waals surface area contributed by atoms with Gasteiger partial charge in [-0.05, 0) is 37.6 Å². The van der Waals surface area contributed by atoms with Crippen molar-refractivity contribution in [3.8, 4) is 10.6 Å². The first-order valence-corrected chi connectivity index (χ1v) is 9.30. The number of aryl methyl sites for hydroxylation is 2. The zero-order valence-corrected chi connectivity index (χ0v) is 16.2. The zero-order valence-electron chi connectivity index (χ0n) is 15.4. The number of hydrogen-bond acceptors (Lipinski definition) is 5. The summed E-state index contributed by atoms with van der Waals surface area (Å²) in [6.45, 7) is 3.96. The van der Waals surface area contributed by atoms with E-state index in [-0.39, 0.29) is 12.3 Å². The topological polar surface area (TPSA) is 68.3 Å². The van der Waals surface area contributed by atoms with Crippen molar-refractivity contribution in [2.45, 2.75) is 20.3 Å². The molecule has 5 nitrogen and oxygen atoms in total. The summed E-state index contributed by atoms with van der Waals surface area (Å²) in [6, 6.07) is 14.8. The van der Waals surface area contributed by atoms with Crippen molar-refractivity contribution in [2.75, 3.05) is 12.4 Å². The number of aromatic nitrogens is 1. The number of anilines is 1. The fourth-order valence-corrected chi connectivity index (χ4v) is 3.86. The molecule has 0 saturated heterocycles. The second kappa shape index (κ2) is 8.14. The fourth-order valence-electron chi connectivity index (χ4n) is 2.71. The van der Waals surface area contributed by atoms with Crippen molar-refractivity contribution in [3.05, 3.63) is 70.2 Å². The number of esters is 1. The summed E-state index contributed by atoms with van der Waals surface area (Å²) in [4.78, 5) is 29.6. The van der Waals surface area contributed by atoms with Gasteiger partial charge in [0.2, 0.25) is 5.91 Å². The molecule has 0 atom stereocenters. The van der Waals surface area contributed by atoms with Gasteiger partial charge in [0.1, 0.15) is 5.01 Å². The number of nitrogens with zero attached hydrogens (tertiary/aromatic N) is 1. The molecule has 1 heterocycles. The first kappa shape index (κ1) is 18.8. The lowest BCUT2D eigenvalue weighted by atomic mass is 10.1. The van der Waals surface area contributed by atoms with Crippen LogP contribution in [0, 0.1) is 13.8 Å². The summed E-state index contributed by atoms with van der Waals surface area (Å²) < 4.78 is 4.70. The van der Waals surface area contributed by atoms with Crippen molar-refractivity contribution in [3.63, 3.8) is 0 Å². The van der Waals surface area contributed by atoms with Gasteiger partial charge in [0, 0.05) is 16.1 Å². The van der Waals surface area contributed by atoms with E-state index in [1.54, 1.807) is 24.3 Å². The maximum absolute atomic E-state index is 12.4. The smallest absolute Gasteiger partial charge is 0.337 e. The fraction of sp³-hybridized carbons (Fsp3) is 0.190. The lowest BCUT2D eigenvalue weighted by molar-refractivity contribution is -0.115. The van der Waals surface area contributed by atoms with Crippen LogP contribution in [-0.4, -0.2) is 24.0 Å². The molecule has 0 aliphatic rings. The van der Waals surface area contributed by atoms with E-state index >= 15 is 0 Å². The van der Waals surface area contributed by atoms with Crippen molar-refractivity contribution in [1.82, 2.24) is 4.98 Å². The molecule has 1 N–H and O–H groups in total. The van der Waals surface area contributed by atoms with E-state index in [0.717, 1.165) is 26.7 Å².